The molecule has 1 rings (SSSR count). The maximum absolute atomic E-state index is 5.86. The van der Waals surface area contributed by atoms with Gasteiger partial charge in [-0.15, -0.1) is 0 Å². The zero-order valence-electron chi connectivity index (χ0n) is 12.0. The highest BCUT2D eigenvalue weighted by Crippen LogP contribution is 2.19. The van der Waals surface area contributed by atoms with Crippen molar-refractivity contribution in [2.24, 2.45) is 4.99 Å². The predicted octanol–water partition coefficient (Wildman–Crippen LogP) is 3.15. The average molecular weight is 300 g/mol. The van der Waals surface area contributed by atoms with Gasteiger partial charge in [0, 0.05) is 29.9 Å². The molecule has 0 unspecified atom stereocenters. The number of hydrogen-bond acceptors (Lipinski definition) is 2. The molecule has 0 saturated heterocycles. The van der Waals surface area contributed by atoms with Crippen molar-refractivity contribution in [3.63, 3.8) is 0 Å². The van der Waals surface area contributed by atoms with E-state index in [1.807, 2.05) is 36.0 Å². The van der Waals surface area contributed by atoms with E-state index in [1.165, 1.54) is 5.56 Å². The normalized spacial score (nSPS) is 12.4. The third kappa shape index (κ3) is 6.21. The standard InChI is InChI=1S/C14H22ClN3S/c1-14(2,19-4)10-18-13(16-3)17-9-11-5-7-12(15)8-6-11/h5-8H,9-10H2,1-4H3,(H2,16,17,18). The molecule has 0 saturated carbocycles. The Hall–Kier alpha value is -0.870. The molecule has 0 bridgehead atoms. The van der Waals surface area contributed by atoms with Crippen molar-refractivity contribution in [1.29, 1.82) is 0 Å². The summed E-state index contributed by atoms with van der Waals surface area (Å²) in [5, 5.41) is 7.38. The molecule has 2 N–H and O–H groups in total. The van der Waals surface area contributed by atoms with E-state index in [4.69, 9.17) is 11.6 Å². The van der Waals surface area contributed by atoms with Crippen LogP contribution in [0.4, 0.5) is 0 Å². The highest BCUT2D eigenvalue weighted by Gasteiger charge is 2.15. The largest absolute Gasteiger partial charge is 0.355 e. The smallest absolute Gasteiger partial charge is 0.191 e. The van der Waals surface area contributed by atoms with Crippen LogP contribution in [0.2, 0.25) is 5.02 Å². The van der Waals surface area contributed by atoms with Crippen LogP contribution >= 0.6 is 23.4 Å². The second-order valence-corrected chi connectivity index (χ2v) is 6.82. The SMILES string of the molecule is CN=C(NCc1ccc(Cl)cc1)NCC(C)(C)SC. The van der Waals surface area contributed by atoms with Gasteiger partial charge >= 0.3 is 0 Å². The van der Waals surface area contributed by atoms with Gasteiger partial charge in [0.05, 0.1) is 0 Å². The Morgan fingerprint density at radius 3 is 2.42 bits per heavy atom. The third-order valence-electron chi connectivity index (χ3n) is 2.83. The summed E-state index contributed by atoms with van der Waals surface area (Å²) in [6.45, 7) is 6.01. The summed E-state index contributed by atoms with van der Waals surface area (Å²) >= 11 is 7.69. The molecule has 19 heavy (non-hydrogen) atoms. The number of guanidine groups is 1. The number of nitrogens with zero attached hydrogens (tertiary/aromatic N) is 1. The lowest BCUT2D eigenvalue weighted by Crippen LogP contribution is -2.42. The topological polar surface area (TPSA) is 36.4 Å². The minimum atomic E-state index is 0.192. The van der Waals surface area contributed by atoms with Crippen LogP contribution in [0.1, 0.15) is 19.4 Å². The van der Waals surface area contributed by atoms with Gasteiger partial charge in [-0.05, 0) is 37.8 Å². The van der Waals surface area contributed by atoms with E-state index in [0.29, 0.717) is 0 Å². The molecule has 0 aromatic heterocycles. The van der Waals surface area contributed by atoms with Crippen LogP contribution < -0.4 is 10.6 Å². The zero-order valence-corrected chi connectivity index (χ0v) is 13.5. The summed E-state index contributed by atoms with van der Waals surface area (Å²) in [6, 6.07) is 7.81. The van der Waals surface area contributed by atoms with Crippen molar-refractivity contribution in [1.82, 2.24) is 10.6 Å². The first-order chi connectivity index (χ1) is 8.96. The van der Waals surface area contributed by atoms with E-state index < -0.39 is 0 Å². The molecule has 0 aliphatic carbocycles. The number of benzene rings is 1. The van der Waals surface area contributed by atoms with E-state index in [2.05, 4.69) is 35.7 Å². The lowest BCUT2D eigenvalue weighted by atomic mass is 10.2. The number of thioether (sulfide) groups is 1. The molecule has 0 aliphatic heterocycles. The van der Waals surface area contributed by atoms with E-state index in [0.717, 1.165) is 24.1 Å². The Balaban J connectivity index is 2.43. The highest BCUT2D eigenvalue weighted by atomic mass is 35.5. The second-order valence-electron chi connectivity index (χ2n) is 4.87. The van der Waals surface area contributed by atoms with Gasteiger partial charge in [0.25, 0.3) is 0 Å². The third-order valence-corrected chi connectivity index (χ3v) is 4.33. The molecule has 106 valence electrons. The Morgan fingerprint density at radius 2 is 1.89 bits per heavy atom. The minimum absolute atomic E-state index is 0.192. The Labute approximate surface area is 125 Å². The van der Waals surface area contributed by atoms with Crippen LogP contribution in [0, 0.1) is 0 Å². The summed E-state index contributed by atoms with van der Waals surface area (Å²) in [6.07, 6.45) is 2.12. The molecule has 3 nitrogen and oxygen atoms in total. The molecular formula is C14H22ClN3S. The molecule has 5 heteroatoms. The number of halogens is 1. The quantitative estimate of drug-likeness (QED) is 0.648. The van der Waals surface area contributed by atoms with Crippen molar-refractivity contribution in [2.75, 3.05) is 19.8 Å². The molecule has 1 aromatic rings. The zero-order chi connectivity index (χ0) is 14.3. The lowest BCUT2D eigenvalue weighted by Gasteiger charge is -2.23. The molecule has 0 atom stereocenters. The molecule has 0 aliphatic rings. The maximum atomic E-state index is 5.86. The fourth-order valence-corrected chi connectivity index (χ4v) is 1.72. The number of aliphatic imine (C=N–C) groups is 1. The number of nitrogens with one attached hydrogen (secondary N) is 2. The van der Waals surface area contributed by atoms with Crippen molar-refractivity contribution in [3.05, 3.63) is 34.9 Å². The first kappa shape index (κ1) is 16.2. The van der Waals surface area contributed by atoms with E-state index in [-0.39, 0.29) is 4.75 Å². The Bertz CT molecular complexity index is 415. The van der Waals surface area contributed by atoms with Crippen LogP contribution in [0.15, 0.2) is 29.3 Å². The van der Waals surface area contributed by atoms with Crippen molar-refractivity contribution in [3.8, 4) is 0 Å². The summed E-state index contributed by atoms with van der Waals surface area (Å²) in [5.41, 5.74) is 1.18. The molecule has 1 aromatic carbocycles. The lowest BCUT2D eigenvalue weighted by molar-refractivity contribution is 0.664. The minimum Gasteiger partial charge on any atom is -0.355 e. The number of hydrogen-bond donors (Lipinski definition) is 2. The molecule has 0 spiro atoms. The van der Waals surface area contributed by atoms with E-state index >= 15 is 0 Å². The van der Waals surface area contributed by atoms with Gasteiger partial charge in [-0.3, -0.25) is 4.99 Å². The van der Waals surface area contributed by atoms with Gasteiger partial charge in [0.1, 0.15) is 0 Å². The summed E-state index contributed by atoms with van der Waals surface area (Å²) in [5.74, 6) is 0.817. The van der Waals surface area contributed by atoms with Crippen LogP contribution in [-0.2, 0) is 6.54 Å². The Morgan fingerprint density at radius 1 is 1.26 bits per heavy atom. The fraction of sp³-hybridized carbons (Fsp3) is 0.500. The summed E-state index contributed by atoms with van der Waals surface area (Å²) in [4.78, 5) is 4.22. The molecule has 0 amide bonds. The Kier molecular flexibility index (Phi) is 6.52. The maximum Gasteiger partial charge on any atom is 0.191 e. The predicted molar refractivity (Wildman–Crippen MR) is 87.2 cm³/mol. The van der Waals surface area contributed by atoms with Crippen LogP contribution in [0.5, 0.6) is 0 Å². The molecule has 0 radical (unpaired) electrons. The van der Waals surface area contributed by atoms with Crippen molar-refractivity contribution in [2.45, 2.75) is 25.1 Å². The summed E-state index contributed by atoms with van der Waals surface area (Å²) < 4.78 is 0.192. The van der Waals surface area contributed by atoms with Crippen LogP contribution in [-0.4, -0.2) is 30.6 Å². The van der Waals surface area contributed by atoms with Crippen LogP contribution in [0.25, 0.3) is 0 Å². The van der Waals surface area contributed by atoms with Gasteiger partial charge in [-0.1, -0.05) is 23.7 Å². The first-order valence-electron chi connectivity index (χ1n) is 6.21. The van der Waals surface area contributed by atoms with E-state index in [9.17, 15) is 0 Å². The first-order valence-corrected chi connectivity index (χ1v) is 7.81. The van der Waals surface area contributed by atoms with Crippen molar-refractivity contribution < 1.29 is 0 Å². The molecule has 0 fully saturated rings. The van der Waals surface area contributed by atoms with Crippen molar-refractivity contribution >= 4 is 29.3 Å². The monoisotopic (exact) mass is 299 g/mol. The molecular weight excluding hydrogens is 278 g/mol. The number of rotatable bonds is 5. The molecule has 0 heterocycles. The van der Waals surface area contributed by atoms with Crippen LogP contribution in [0.3, 0.4) is 0 Å². The average Bonchev–Trinajstić information content (AvgIpc) is 2.41. The van der Waals surface area contributed by atoms with Gasteiger partial charge in [-0.2, -0.15) is 11.8 Å². The summed E-state index contributed by atoms with van der Waals surface area (Å²) in [7, 11) is 1.78. The fourth-order valence-electron chi connectivity index (χ4n) is 1.38. The van der Waals surface area contributed by atoms with E-state index in [1.54, 1.807) is 7.05 Å². The van der Waals surface area contributed by atoms with Gasteiger partial charge in [0.2, 0.25) is 0 Å². The van der Waals surface area contributed by atoms with Gasteiger partial charge < -0.3 is 10.6 Å². The second kappa shape index (κ2) is 7.65. The highest BCUT2D eigenvalue weighted by molar-refractivity contribution is 7.99. The van der Waals surface area contributed by atoms with Gasteiger partial charge in [-0.25, -0.2) is 0 Å². The van der Waals surface area contributed by atoms with Gasteiger partial charge in [0.15, 0.2) is 5.96 Å².